The van der Waals surface area contributed by atoms with Crippen LogP contribution in [0.25, 0.3) is 0 Å². The number of carbonyl (C=O) groups excluding carboxylic acids is 1. The van der Waals surface area contributed by atoms with Gasteiger partial charge in [0.05, 0.1) is 6.54 Å². The van der Waals surface area contributed by atoms with Gasteiger partial charge in [-0.15, -0.1) is 5.92 Å². The topological polar surface area (TPSA) is 32.8 Å². The monoisotopic (exact) mass is 362 g/mol. The van der Waals surface area contributed by atoms with Gasteiger partial charge >= 0.3 is 6.09 Å². The lowest BCUT2D eigenvalue weighted by Gasteiger charge is -2.33. The van der Waals surface area contributed by atoms with Crippen molar-refractivity contribution in [1.29, 1.82) is 0 Å². The highest BCUT2D eigenvalue weighted by Crippen LogP contribution is 2.29. The molecule has 5 heteroatoms. The molecule has 1 aliphatic carbocycles. The van der Waals surface area contributed by atoms with Crippen molar-refractivity contribution in [2.75, 3.05) is 27.7 Å². The zero-order valence-electron chi connectivity index (χ0n) is 15.3. The van der Waals surface area contributed by atoms with Crippen LogP contribution in [0.1, 0.15) is 32.1 Å². The fraction of sp³-hybridized carbons (Fsp3) is 0.550. The van der Waals surface area contributed by atoms with Crippen LogP contribution in [0.2, 0.25) is 5.02 Å². The fourth-order valence-electron chi connectivity index (χ4n) is 2.99. The Bertz CT molecular complexity index is 611. The Morgan fingerprint density at radius 1 is 1.12 bits per heavy atom. The molecule has 0 unspecified atom stereocenters. The van der Waals surface area contributed by atoms with Crippen LogP contribution in [0, 0.1) is 17.8 Å². The zero-order chi connectivity index (χ0) is 18.2. The SMILES string of the molecule is CN(C)CC#CCC1CCC(N(C)C(=O)Oc2ccc(Cl)cc2)CC1. The molecule has 0 bridgehead atoms. The molecule has 0 aromatic heterocycles. The third-order valence-corrected chi connectivity index (χ3v) is 4.83. The molecule has 0 heterocycles. The minimum Gasteiger partial charge on any atom is -0.410 e. The molecule has 25 heavy (non-hydrogen) atoms. The van der Waals surface area contributed by atoms with Gasteiger partial charge in [0.2, 0.25) is 0 Å². The zero-order valence-corrected chi connectivity index (χ0v) is 16.1. The van der Waals surface area contributed by atoms with Gasteiger partial charge in [-0.25, -0.2) is 4.79 Å². The second kappa shape index (κ2) is 9.70. The van der Waals surface area contributed by atoms with E-state index in [9.17, 15) is 4.79 Å². The number of amides is 1. The molecule has 1 aliphatic rings. The Morgan fingerprint density at radius 3 is 2.36 bits per heavy atom. The Kier molecular flexibility index (Phi) is 7.61. The molecule has 4 nitrogen and oxygen atoms in total. The molecule has 0 saturated heterocycles. The number of carbonyl (C=O) groups is 1. The molecule has 1 fully saturated rings. The van der Waals surface area contributed by atoms with E-state index in [-0.39, 0.29) is 12.1 Å². The lowest BCUT2D eigenvalue weighted by atomic mass is 9.84. The van der Waals surface area contributed by atoms with Gasteiger partial charge in [-0.3, -0.25) is 4.90 Å². The highest BCUT2D eigenvalue weighted by atomic mass is 35.5. The largest absolute Gasteiger partial charge is 0.415 e. The molecule has 1 amide bonds. The smallest absolute Gasteiger partial charge is 0.410 e. The Balaban J connectivity index is 1.76. The maximum atomic E-state index is 12.3. The number of hydrogen-bond donors (Lipinski definition) is 0. The van der Waals surface area contributed by atoms with Crippen LogP contribution in [-0.2, 0) is 0 Å². The first-order chi connectivity index (χ1) is 12.0. The molecule has 0 radical (unpaired) electrons. The molecule has 1 aromatic rings. The maximum absolute atomic E-state index is 12.3. The first kappa shape index (κ1) is 19.6. The van der Waals surface area contributed by atoms with Crippen molar-refractivity contribution in [2.45, 2.75) is 38.1 Å². The van der Waals surface area contributed by atoms with E-state index in [2.05, 4.69) is 16.7 Å². The lowest BCUT2D eigenvalue weighted by molar-refractivity contribution is 0.125. The predicted octanol–water partition coefficient (Wildman–Crippen LogP) is 4.28. The van der Waals surface area contributed by atoms with E-state index >= 15 is 0 Å². The van der Waals surface area contributed by atoms with Crippen LogP contribution in [0.4, 0.5) is 4.79 Å². The average molecular weight is 363 g/mol. The van der Waals surface area contributed by atoms with E-state index < -0.39 is 0 Å². The number of benzene rings is 1. The van der Waals surface area contributed by atoms with Crippen molar-refractivity contribution in [1.82, 2.24) is 9.80 Å². The van der Waals surface area contributed by atoms with Gasteiger partial charge in [0.15, 0.2) is 0 Å². The third-order valence-electron chi connectivity index (χ3n) is 4.58. The second-order valence-electron chi connectivity index (χ2n) is 6.90. The number of rotatable bonds is 4. The van der Waals surface area contributed by atoms with Crippen LogP contribution >= 0.6 is 11.6 Å². The molecule has 0 N–H and O–H groups in total. The Morgan fingerprint density at radius 2 is 1.76 bits per heavy atom. The van der Waals surface area contributed by atoms with Crippen molar-refractivity contribution in [3.05, 3.63) is 29.3 Å². The number of halogens is 1. The normalized spacial score (nSPS) is 19.9. The Hall–Kier alpha value is -1.70. The van der Waals surface area contributed by atoms with Gasteiger partial charge in [-0.1, -0.05) is 17.5 Å². The van der Waals surface area contributed by atoms with Crippen LogP contribution in [-0.4, -0.2) is 49.6 Å². The van der Waals surface area contributed by atoms with Crippen molar-refractivity contribution < 1.29 is 9.53 Å². The van der Waals surface area contributed by atoms with Gasteiger partial charge in [-0.2, -0.15) is 0 Å². The molecule has 2 rings (SSSR count). The van der Waals surface area contributed by atoms with Gasteiger partial charge in [-0.05, 0) is 70.0 Å². The first-order valence-corrected chi connectivity index (χ1v) is 9.14. The van der Waals surface area contributed by atoms with Gasteiger partial charge < -0.3 is 9.64 Å². The van der Waals surface area contributed by atoms with Gasteiger partial charge in [0.25, 0.3) is 0 Å². The van der Waals surface area contributed by atoms with Gasteiger partial charge in [0.1, 0.15) is 5.75 Å². The minimum absolute atomic E-state index is 0.241. The molecule has 1 saturated carbocycles. The maximum Gasteiger partial charge on any atom is 0.415 e. The molecule has 0 atom stereocenters. The molecular weight excluding hydrogens is 336 g/mol. The predicted molar refractivity (Wildman–Crippen MR) is 102 cm³/mol. The average Bonchev–Trinajstić information content (AvgIpc) is 2.60. The molecule has 0 spiro atoms. The molecule has 136 valence electrons. The van der Waals surface area contributed by atoms with Crippen molar-refractivity contribution in [2.24, 2.45) is 5.92 Å². The summed E-state index contributed by atoms with van der Waals surface area (Å²) < 4.78 is 5.41. The third kappa shape index (κ3) is 6.61. The summed E-state index contributed by atoms with van der Waals surface area (Å²) in [6.07, 6.45) is 4.88. The number of ether oxygens (including phenoxy) is 1. The standard InChI is InChI=1S/C20H27ClN2O2/c1-22(2)15-5-4-6-16-7-11-18(12-8-16)23(3)20(24)25-19-13-9-17(21)10-14-19/h9-10,13-14,16,18H,6-8,11-12,15H2,1-3H3. The number of hydrogen-bond acceptors (Lipinski definition) is 3. The van der Waals surface area contributed by atoms with E-state index in [4.69, 9.17) is 16.3 Å². The summed E-state index contributed by atoms with van der Waals surface area (Å²) in [5.41, 5.74) is 0. The summed E-state index contributed by atoms with van der Waals surface area (Å²) in [6, 6.07) is 7.08. The van der Waals surface area contributed by atoms with Crippen LogP contribution in [0.15, 0.2) is 24.3 Å². The highest BCUT2D eigenvalue weighted by molar-refractivity contribution is 6.30. The Labute approximate surface area is 156 Å². The van der Waals surface area contributed by atoms with Crippen LogP contribution in [0.3, 0.4) is 0 Å². The summed E-state index contributed by atoms with van der Waals surface area (Å²) >= 11 is 5.84. The molecule has 1 aromatic carbocycles. The summed E-state index contributed by atoms with van der Waals surface area (Å²) in [5, 5.41) is 0.625. The van der Waals surface area contributed by atoms with Crippen molar-refractivity contribution in [3.63, 3.8) is 0 Å². The highest BCUT2D eigenvalue weighted by Gasteiger charge is 2.27. The first-order valence-electron chi connectivity index (χ1n) is 8.76. The van der Waals surface area contributed by atoms with E-state index in [1.165, 1.54) is 0 Å². The fourth-order valence-corrected chi connectivity index (χ4v) is 3.12. The molecule has 0 aliphatic heterocycles. The summed E-state index contributed by atoms with van der Waals surface area (Å²) in [5.74, 6) is 7.64. The lowest BCUT2D eigenvalue weighted by Crippen LogP contribution is -2.41. The second-order valence-corrected chi connectivity index (χ2v) is 7.34. The van der Waals surface area contributed by atoms with Crippen LogP contribution in [0.5, 0.6) is 5.75 Å². The summed E-state index contributed by atoms with van der Waals surface area (Å²) in [7, 11) is 5.87. The molecular formula is C20H27ClN2O2. The van der Waals surface area contributed by atoms with Crippen molar-refractivity contribution >= 4 is 17.7 Å². The quantitative estimate of drug-likeness (QED) is 0.749. The van der Waals surface area contributed by atoms with E-state index in [0.29, 0.717) is 16.7 Å². The number of nitrogens with zero attached hydrogens (tertiary/aromatic N) is 2. The summed E-state index contributed by atoms with van der Waals surface area (Å²) in [4.78, 5) is 16.1. The minimum atomic E-state index is -0.309. The van der Waals surface area contributed by atoms with E-state index in [0.717, 1.165) is 38.6 Å². The van der Waals surface area contributed by atoms with Gasteiger partial charge in [0, 0.05) is 24.5 Å². The van der Waals surface area contributed by atoms with E-state index in [1.807, 2.05) is 21.1 Å². The van der Waals surface area contributed by atoms with Crippen LogP contribution < -0.4 is 4.74 Å². The summed E-state index contributed by atoms with van der Waals surface area (Å²) in [6.45, 7) is 0.814. The van der Waals surface area contributed by atoms with Crippen molar-refractivity contribution in [3.8, 4) is 17.6 Å². The van der Waals surface area contributed by atoms with E-state index in [1.54, 1.807) is 29.2 Å².